The molecule has 26 heavy (non-hydrogen) atoms. The topological polar surface area (TPSA) is 61.7 Å². The van der Waals surface area contributed by atoms with Gasteiger partial charge in [-0.15, -0.1) is 0 Å². The minimum Gasteiger partial charge on any atom is -0.478 e. The molecule has 4 nitrogen and oxygen atoms in total. The van der Waals surface area contributed by atoms with Crippen molar-refractivity contribution in [2.75, 3.05) is 5.43 Å². The zero-order chi connectivity index (χ0) is 18.5. The Bertz CT molecular complexity index is 905. The molecule has 0 saturated heterocycles. The quantitative estimate of drug-likeness (QED) is 0.447. The van der Waals surface area contributed by atoms with Gasteiger partial charge >= 0.3 is 5.97 Å². The van der Waals surface area contributed by atoms with Crippen LogP contribution in [-0.2, 0) is 0 Å². The summed E-state index contributed by atoms with van der Waals surface area (Å²) in [6.07, 6.45) is 0. The number of hydrazone groups is 1. The Morgan fingerprint density at radius 2 is 1.35 bits per heavy atom. The van der Waals surface area contributed by atoms with Crippen molar-refractivity contribution < 1.29 is 9.90 Å². The lowest BCUT2D eigenvalue weighted by molar-refractivity contribution is 0.0697. The summed E-state index contributed by atoms with van der Waals surface area (Å²) in [5, 5.41) is 14.8. The largest absolute Gasteiger partial charge is 0.478 e. The molecule has 0 heterocycles. The van der Waals surface area contributed by atoms with Gasteiger partial charge in [0.25, 0.3) is 0 Å². The van der Waals surface area contributed by atoms with Crippen molar-refractivity contribution >= 4 is 40.6 Å². The van der Waals surface area contributed by atoms with E-state index in [4.69, 9.17) is 28.3 Å². The number of halogens is 2. The van der Waals surface area contributed by atoms with Crippen LogP contribution in [-0.4, -0.2) is 16.8 Å². The predicted octanol–water partition coefficient (Wildman–Crippen LogP) is 5.56. The van der Waals surface area contributed by atoms with Crippen LogP contribution in [0.4, 0.5) is 5.69 Å². The molecule has 3 rings (SSSR count). The molecule has 0 atom stereocenters. The molecule has 0 bridgehead atoms. The molecule has 0 aromatic heterocycles. The highest BCUT2D eigenvalue weighted by molar-refractivity contribution is 6.31. The highest BCUT2D eigenvalue weighted by Crippen LogP contribution is 2.18. The summed E-state index contributed by atoms with van der Waals surface area (Å²) in [7, 11) is 0. The van der Waals surface area contributed by atoms with Gasteiger partial charge in [0.05, 0.1) is 17.0 Å². The standard InChI is InChI=1S/C20H14Cl2N2O2/c21-16-8-4-13(5-9-16)19(14-6-10-17(22)11-7-14)24-23-18-3-1-2-15(12-18)20(25)26/h1-12,23H,(H,25,26). The lowest BCUT2D eigenvalue weighted by Gasteiger charge is -2.09. The summed E-state index contributed by atoms with van der Waals surface area (Å²) in [5.41, 5.74) is 6.08. The molecule has 3 aromatic rings. The summed E-state index contributed by atoms with van der Waals surface area (Å²) in [5.74, 6) is -0.992. The van der Waals surface area contributed by atoms with Gasteiger partial charge in [0.2, 0.25) is 0 Å². The Morgan fingerprint density at radius 1 is 0.808 bits per heavy atom. The predicted molar refractivity (Wildman–Crippen MR) is 106 cm³/mol. The van der Waals surface area contributed by atoms with Gasteiger partial charge in [0, 0.05) is 21.2 Å². The van der Waals surface area contributed by atoms with E-state index in [-0.39, 0.29) is 5.56 Å². The lowest BCUT2D eigenvalue weighted by atomic mass is 10.0. The SMILES string of the molecule is O=C(O)c1cccc(NN=C(c2ccc(Cl)cc2)c2ccc(Cl)cc2)c1. The molecule has 0 aliphatic heterocycles. The number of carboxylic acid groups (broad SMARTS) is 1. The maximum atomic E-state index is 11.1. The number of nitrogens with one attached hydrogen (secondary N) is 1. The molecule has 0 spiro atoms. The van der Waals surface area contributed by atoms with Crippen molar-refractivity contribution in [1.29, 1.82) is 0 Å². The summed E-state index contributed by atoms with van der Waals surface area (Å²) < 4.78 is 0. The fraction of sp³-hybridized carbons (Fsp3) is 0. The van der Waals surface area contributed by atoms with Gasteiger partial charge in [-0.05, 0) is 42.5 Å². The van der Waals surface area contributed by atoms with E-state index >= 15 is 0 Å². The van der Waals surface area contributed by atoms with Gasteiger partial charge in [-0.25, -0.2) is 4.79 Å². The number of aromatic carboxylic acids is 1. The third-order valence-electron chi connectivity index (χ3n) is 3.64. The van der Waals surface area contributed by atoms with Gasteiger partial charge in [-0.1, -0.05) is 53.5 Å². The van der Waals surface area contributed by atoms with Crippen molar-refractivity contribution in [3.05, 3.63) is 99.5 Å². The second kappa shape index (κ2) is 8.04. The van der Waals surface area contributed by atoms with Crippen LogP contribution in [0, 0.1) is 0 Å². The normalized spacial score (nSPS) is 10.2. The molecule has 3 aromatic carbocycles. The van der Waals surface area contributed by atoms with E-state index in [1.807, 2.05) is 24.3 Å². The van der Waals surface area contributed by atoms with Gasteiger partial charge in [-0.3, -0.25) is 5.43 Å². The molecule has 130 valence electrons. The van der Waals surface area contributed by atoms with E-state index in [1.165, 1.54) is 12.1 Å². The molecule has 0 fully saturated rings. The number of nitrogens with zero attached hydrogens (tertiary/aromatic N) is 1. The molecule has 0 saturated carbocycles. The summed E-state index contributed by atoms with van der Waals surface area (Å²) in [4.78, 5) is 11.1. The van der Waals surface area contributed by atoms with Crippen LogP contribution >= 0.6 is 23.2 Å². The van der Waals surface area contributed by atoms with Crippen molar-refractivity contribution in [1.82, 2.24) is 0 Å². The van der Waals surface area contributed by atoms with Crippen LogP contribution in [0.3, 0.4) is 0 Å². The maximum Gasteiger partial charge on any atom is 0.335 e. The molecule has 6 heteroatoms. The minimum absolute atomic E-state index is 0.185. The fourth-order valence-corrected chi connectivity index (χ4v) is 2.61. The van der Waals surface area contributed by atoms with Crippen LogP contribution in [0.15, 0.2) is 77.9 Å². The van der Waals surface area contributed by atoms with Crippen molar-refractivity contribution in [2.24, 2.45) is 5.10 Å². The average Bonchev–Trinajstić information content (AvgIpc) is 2.65. The number of hydrogen-bond donors (Lipinski definition) is 2. The highest BCUT2D eigenvalue weighted by Gasteiger charge is 2.08. The fourth-order valence-electron chi connectivity index (χ4n) is 2.35. The molecule has 2 N–H and O–H groups in total. The van der Waals surface area contributed by atoms with E-state index < -0.39 is 5.97 Å². The molecule has 0 unspecified atom stereocenters. The van der Waals surface area contributed by atoms with Gasteiger partial charge in [0.15, 0.2) is 0 Å². The summed E-state index contributed by atoms with van der Waals surface area (Å²) in [6, 6.07) is 21.1. The van der Waals surface area contributed by atoms with Crippen LogP contribution in [0.25, 0.3) is 0 Å². The first-order valence-corrected chi connectivity index (χ1v) is 8.47. The van der Waals surface area contributed by atoms with Crippen molar-refractivity contribution in [2.45, 2.75) is 0 Å². The Morgan fingerprint density at radius 3 is 1.85 bits per heavy atom. The number of carbonyl (C=O) groups is 1. The van der Waals surface area contributed by atoms with Crippen molar-refractivity contribution in [3.8, 4) is 0 Å². The minimum atomic E-state index is -0.992. The number of benzene rings is 3. The summed E-state index contributed by atoms with van der Waals surface area (Å²) >= 11 is 11.9. The first-order chi connectivity index (χ1) is 12.5. The Balaban J connectivity index is 1.98. The average molecular weight is 385 g/mol. The maximum absolute atomic E-state index is 11.1. The molecule has 0 radical (unpaired) electrons. The van der Waals surface area contributed by atoms with Crippen LogP contribution in [0.1, 0.15) is 21.5 Å². The summed E-state index contributed by atoms with van der Waals surface area (Å²) in [6.45, 7) is 0. The third kappa shape index (κ3) is 4.42. The second-order valence-electron chi connectivity index (χ2n) is 5.47. The zero-order valence-electron chi connectivity index (χ0n) is 13.5. The Kier molecular flexibility index (Phi) is 5.56. The number of anilines is 1. The van der Waals surface area contributed by atoms with Gasteiger partial charge in [-0.2, -0.15) is 5.10 Å². The van der Waals surface area contributed by atoms with E-state index in [0.29, 0.717) is 21.4 Å². The molecule has 0 aliphatic rings. The lowest BCUT2D eigenvalue weighted by Crippen LogP contribution is -2.07. The van der Waals surface area contributed by atoms with Crippen LogP contribution < -0.4 is 5.43 Å². The smallest absolute Gasteiger partial charge is 0.335 e. The van der Waals surface area contributed by atoms with Crippen molar-refractivity contribution in [3.63, 3.8) is 0 Å². The molecular formula is C20H14Cl2N2O2. The van der Waals surface area contributed by atoms with Crippen LogP contribution in [0.2, 0.25) is 10.0 Å². The molecule has 0 amide bonds. The number of carboxylic acids is 1. The first-order valence-electron chi connectivity index (χ1n) is 7.72. The van der Waals surface area contributed by atoms with E-state index in [9.17, 15) is 4.79 Å². The molecular weight excluding hydrogens is 371 g/mol. The van der Waals surface area contributed by atoms with E-state index in [1.54, 1.807) is 36.4 Å². The Hall–Kier alpha value is -2.82. The third-order valence-corrected chi connectivity index (χ3v) is 4.15. The Labute approximate surface area is 160 Å². The highest BCUT2D eigenvalue weighted by atomic mass is 35.5. The molecule has 0 aliphatic carbocycles. The van der Waals surface area contributed by atoms with Gasteiger partial charge < -0.3 is 5.11 Å². The second-order valence-corrected chi connectivity index (χ2v) is 6.34. The number of hydrogen-bond acceptors (Lipinski definition) is 3. The monoisotopic (exact) mass is 384 g/mol. The van der Waals surface area contributed by atoms with E-state index in [2.05, 4.69) is 10.5 Å². The van der Waals surface area contributed by atoms with Crippen LogP contribution in [0.5, 0.6) is 0 Å². The van der Waals surface area contributed by atoms with E-state index in [0.717, 1.165) is 11.1 Å². The van der Waals surface area contributed by atoms with Gasteiger partial charge in [0.1, 0.15) is 0 Å². The number of rotatable bonds is 5. The zero-order valence-corrected chi connectivity index (χ0v) is 15.0. The first kappa shape index (κ1) is 18.0.